The summed E-state index contributed by atoms with van der Waals surface area (Å²) < 4.78 is 85.4. The van der Waals surface area contributed by atoms with E-state index in [0.29, 0.717) is 18.4 Å². The summed E-state index contributed by atoms with van der Waals surface area (Å²) in [5.74, 6) is -2.68. The molecule has 6 N–H and O–H groups in total. The van der Waals surface area contributed by atoms with E-state index in [2.05, 4.69) is 10.1 Å². The SMILES string of the molecule is [2H]C([2H])([2H])Oc1ccc(C[C@@H](C[C@H](N)[C@@H](O)C[C@H](C(=O)NCC(C)(C)C(N)=O)C(C)C)C(C)C)cc1OC([2H])([2H])C([2H])([2H])C([2H])([2H])OC. The Labute approximate surface area is 248 Å². The van der Waals surface area contributed by atoms with Crippen LogP contribution in [0.1, 0.15) is 78.7 Å². The first-order valence-electron chi connectivity index (χ1n) is 17.7. The number of hydrogen-bond donors (Lipinski definition) is 4. The van der Waals surface area contributed by atoms with Crippen molar-refractivity contribution >= 4 is 11.8 Å². The summed E-state index contributed by atoms with van der Waals surface area (Å²) in [5, 5.41) is 13.8. The third kappa shape index (κ3) is 11.7. The van der Waals surface area contributed by atoms with E-state index in [4.69, 9.17) is 33.3 Å². The zero-order valence-corrected chi connectivity index (χ0v) is 24.2. The molecule has 2 amide bonds. The van der Waals surface area contributed by atoms with Crippen LogP contribution in [0.5, 0.6) is 11.5 Å². The molecule has 9 nitrogen and oxygen atoms in total. The van der Waals surface area contributed by atoms with Crippen LogP contribution in [0.15, 0.2) is 18.2 Å². The Morgan fingerprint density at radius 3 is 2.38 bits per heavy atom. The lowest BCUT2D eigenvalue weighted by Gasteiger charge is -2.30. The van der Waals surface area contributed by atoms with Crippen molar-refractivity contribution in [1.29, 1.82) is 0 Å². The van der Waals surface area contributed by atoms with Crippen LogP contribution in [0.4, 0.5) is 0 Å². The summed E-state index contributed by atoms with van der Waals surface area (Å²) in [7, 11) is -2.09. The molecule has 4 atom stereocenters. The average Bonchev–Trinajstić information content (AvgIpc) is 2.93. The monoisotopic (exact) mass is 560 g/mol. The summed E-state index contributed by atoms with van der Waals surface area (Å²) in [6, 6.07) is 3.32. The molecule has 0 bridgehead atoms. The van der Waals surface area contributed by atoms with Crippen molar-refractivity contribution in [3.63, 3.8) is 0 Å². The van der Waals surface area contributed by atoms with E-state index in [1.165, 1.54) is 18.2 Å². The van der Waals surface area contributed by atoms with Crippen molar-refractivity contribution in [3.05, 3.63) is 23.8 Å². The molecule has 0 fully saturated rings. The molecule has 0 unspecified atom stereocenters. The lowest BCUT2D eigenvalue weighted by Crippen LogP contribution is -2.46. The third-order valence-corrected chi connectivity index (χ3v) is 7.00. The van der Waals surface area contributed by atoms with Gasteiger partial charge in [0.1, 0.15) is 0 Å². The number of rotatable bonds is 19. The van der Waals surface area contributed by atoms with E-state index < -0.39 is 67.4 Å². The maximum Gasteiger partial charge on any atom is 0.224 e. The van der Waals surface area contributed by atoms with Crippen molar-refractivity contribution in [3.8, 4) is 11.5 Å². The van der Waals surface area contributed by atoms with Gasteiger partial charge in [-0.15, -0.1) is 0 Å². The Hall–Kier alpha value is -2.36. The largest absolute Gasteiger partial charge is 0.493 e. The topological polar surface area (TPSA) is 146 Å². The minimum absolute atomic E-state index is 0.0145. The predicted molar refractivity (Wildman–Crippen MR) is 155 cm³/mol. The van der Waals surface area contributed by atoms with E-state index in [0.717, 1.165) is 7.11 Å². The fraction of sp³-hybridized carbons (Fsp3) is 0.733. The highest BCUT2D eigenvalue weighted by Gasteiger charge is 2.32. The molecule has 224 valence electrons. The number of methoxy groups -OCH3 is 2. The van der Waals surface area contributed by atoms with Gasteiger partial charge < -0.3 is 36.1 Å². The molecule has 0 saturated heterocycles. The molecule has 1 rings (SSSR count). The Morgan fingerprint density at radius 1 is 1.13 bits per heavy atom. The molecule has 0 aromatic heterocycles. The highest BCUT2D eigenvalue weighted by Crippen LogP contribution is 2.32. The molecule has 0 aliphatic carbocycles. The van der Waals surface area contributed by atoms with E-state index in [9.17, 15) is 14.7 Å². The average molecular weight is 561 g/mol. The number of aliphatic hydroxyl groups excluding tert-OH is 1. The highest BCUT2D eigenvalue weighted by molar-refractivity contribution is 5.83. The van der Waals surface area contributed by atoms with Gasteiger partial charge in [0.15, 0.2) is 11.5 Å². The number of benzene rings is 1. The van der Waals surface area contributed by atoms with Gasteiger partial charge in [0, 0.05) is 41.3 Å². The molecular formula is C30H53N3O6. The summed E-state index contributed by atoms with van der Waals surface area (Å²) in [4.78, 5) is 24.7. The van der Waals surface area contributed by atoms with Gasteiger partial charge in [-0.2, -0.15) is 0 Å². The van der Waals surface area contributed by atoms with Gasteiger partial charge in [-0.3, -0.25) is 9.59 Å². The lowest BCUT2D eigenvalue weighted by molar-refractivity contribution is -0.130. The molecule has 0 aliphatic rings. The lowest BCUT2D eigenvalue weighted by atomic mass is 9.80. The van der Waals surface area contributed by atoms with Gasteiger partial charge in [-0.05, 0) is 68.6 Å². The number of aliphatic hydroxyl groups is 1. The number of carbonyl (C=O) groups excluding carboxylic acids is 2. The van der Waals surface area contributed by atoms with Crippen LogP contribution < -0.4 is 26.3 Å². The summed E-state index contributed by atoms with van der Waals surface area (Å²) in [6.07, 6.45) is -3.74. The summed E-state index contributed by atoms with van der Waals surface area (Å²) in [5.41, 5.74) is 11.4. The molecule has 0 heterocycles. The van der Waals surface area contributed by atoms with E-state index in [1.54, 1.807) is 13.8 Å². The fourth-order valence-corrected chi connectivity index (χ4v) is 4.04. The number of primary amides is 1. The van der Waals surface area contributed by atoms with Gasteiger partial charge in [0.25, 0.3) is 0 Å². The van der Waals surface area contributed by atoms with Crippen molar-refractivity contribution in [2.75, 3.05) is 33.8 Å². The Balaban J connectivity index is 3.26. The van der Waals surface area contributed by atoms with Crippen LogP contribution in [-0.2, 0) is 20.7 Å². The van der Waals surface area contributed by atoms with Gasteiger partial charge >= 0.3 is 0 Å². The van der Waals surface area contributed by atoms with Crippen molar-refractivity contribution in [2.45, 2.75) is 79.3 Å². The van der Waals surface area contributed by atoms with Gasteiger partial charge in [0.2, 0.25) is 11.8 Å². The molecule has 39 heavy (non-hydrogen) atoms. The van der Waals surface area contributed by atoms with Gasteiger partial charge in [0.05, 0.1) is 34.7 Å². The molecule has 9 heteroatoms. The quantitative estimate of drug-likeness (QED) is 0.203. The van der Waals surface area contributed by atoms with Crippen LogP contribution >= 0.6 is 0 Å². The summed E-state index contributed by atoms with van der Waals surface area (Å²) in [6.45, 7) is 4.38. The smallest absolute Gasteiger partial charge is 0.224 e. The Bertz CT molecular complexity index is 1230. The van der Waals surface area contributed by atoms with E-state index >= 15 is 0 Å². The number of amides is 2. The second-order valence-electron chi connectivity index (χ2n) is 11.2. The van der Waals surface area contributed by atoms with Crippen LogP contribution in [0, 0.1) is 29.1 Å². The molecule has 0 saturated carbocycles. The second kappa shape index (κ2) is 16.7. The number of hydrogen-bond acceptors (Lipinski definition) is 7. The van der Waals surface area contributed by atoms with Crippen LogP contribution in [0.2, 0.25) is 0 Å². The minimum atomic E-state index is -3.35. The molecule has 1 aromatic rings. The minimum Gasteiger partial charge on any atom is -0.493 e. The fourth-order valence-electron chi connectivity index (χ4n) is 4.04. The third-order valence-electron chi connectivity index (χ3n) is 7.00. The first kappa shape index (κ1) is 22.3. The standard InChI is InChI=1S/C30H53N3O6/c1-19(2)22(14-21-10-11-26(38-8)27(15-21)39-13-9-12-37-7)16-24(31)25(34)17-23(20(3)4)28(35)33-18-30(5,6)29(32)36/h10-11,15,19-20,22-25,34H,9,12-14,16-18,31H2,1-8H3,(H2,32,36)(H,33,35)/t22-,23-,24-,25-/m0/s1/i8D3,9D2,12D2,13D2. The number of ether oxygens (including phenoxy) is 3. The van der Waals surface area contributed by atoms with Crippen LogP contribution in [0.25, 0.3) is 0 Å². The Morgan fingerprint density at radius 2 is 1.82 bits per heavy atom. The molecule has 1 aromatic carbocycles. The van der Waals surface area contributed by atoms with E-state index in [1.807, 2.05) is 27.7 Å². The Kier molecular flexibility index (Phi) is 9.55. The van der Waals surface area contributed by atoms with Crippen molar-refractivity contribution in [1.82, 2.24) is 5.32 Å². The number of nitrogens with two attached hydrogens (primary N) is 2. The predicted octanol–water partition coefficient (Wildman–Crippen LogP) is 3.29. The second-order valence-corrected chi connectivity index (χ2v) is 11.2. The van der Waals surface area contributed by atoms with Crippen molar-refractivity contribution in [2.24, 2.45) is 40.6 Å². The summed E-state index contributed by atoms with van der Waals surface area (Å²) >= 11 is 0. The van der Waals surface area contributed by atoms with Crippen LogP contribution in [-0.4, -0.2) is 62.9 Å². The first-order valence-corrected chi connectivity index (χ1v) is 13.2. The normalized spacial score (nSPS) is 19.9. The maximum atomic E-state index is 13.0. The van der Waals surface area contributed by atoms with E-state index in [-0.39, 0.29) is 36.6 Å². The van der Waals surface area contributed by atoms with Crippen LogP contribution in [0.3, 0.4) is 0 Å². The zero-order chi connectivity index (χ0) is 37.6. The first-order chi connectivity index (χ1) is 21.6. The zero-order valence-electron chi connectivity index (χ0n) is 33.2. The van der Waals surface area contributed by atoms with Crippen molar-refractivity contribution < 1.29 is 41.2 Å². The number of carbonyl (C=O) groups is 2. The molecule has 0 spiro atoms. The molecule has 0 aliphatic heterocycles. The number of nitrogens with one attached hydrogen (secondary N) is 1. The molecular weight excluding hydrogens is 498 g/mol. The van der Waals surface area contributed by atoms with Gasteiger partial charge in [-0.25, -0.2) is 0 Å². The maximum absolute atomic E-state index is 13.0. The highest BCUT2D eigenvalue weighted by atomic mass is 16.5. The molecule has 0 radical (unpaired) electrons. The van der Waals surface area contributed by atoms with Gasteiger partial charge in [-0.1, -0.05) is 33.8 Å².